The normalized spacial score (nSPS) is 10.5. The van der Waals surface area contributed by atoms with Crippen molar-refractivity contribution in [3.8, 4) is 0 Å². The minimum Gasteiger partial charge on any atom is -0.346 e. The molecule has 0 atom stereocenters. The molecule has 2 nitrogen and oxygen atoms in total. The minimum absolute atomic E-state index is 0.225. The summed E-state index contributed by atoms with van der Waals surface area (Å²) in [5.74, 6) is -0.533. The highest BCUT2D eigenvalue weighted by Crippen LogP contribution is 2.26. The molecule has 0 saturated carbocycles. The first-order valence-corrected chi connectivity index (χ1v) is 6.06. The second-order valence-corrected chi connectivity index (χ2v) is 5.11. The molecular weight excluding hydrogens is 261 g/mol. The smallest absolute Gasteiger partial charge is 0.261 e. The van der Waals surface area contributed by atoms with Crippen LogP contribution in [0.5, 0.6) is 0 Å². The van der Waals surface area contributed by atoms with Crippen molar-refractivity contribution in [2.24, 2.45) is 0 Å². The van der Waals surface area contributed by atoms with Crippen molar-refractivity contribution in [3.63, 3.8) is 0 Å². The van der Waals surface area contributed by atoms with Crippen LogP contribution in [0.3, 0.4) is 0 Å². The van der Waals surface area contributed by atoms with Gasteiger partial charge < -0.3 is 5.32 Å². The van der Waals surface area contributed by atoms with Crippen LogP contribution in [0.25, 0.3) is 10.1 Å². The fourth-order valence-corrected chi connectivity index (χ4v) is 2.45. The van der Waals surface area contributed by atoms with Gasteiger partial charge in [-0.25, -0.2) is 4.39 Å². The van der Waals surface area contributed by atoms with Gasteiger partial charge in [0.15, 0.2) is 0 Å². The molecule has 0 saturated heterocycles. The summed E-state index contributed by atoms with van der Waals surface area (Å²) in [5.41, 5.74) is 0. The number of amides is 1. The number of hydrogen-bond acceptors (Lipinski definition) is 2. The third kappa shape index (κ3) is 2.84. The lowest BCUT2D eigenvalue weighted by molar-refractivity contribution is 0.0961. The van der Waals surface area contributed by atoms with Crippen molar-refractivity contribution in [2.75, 3.05) is 6.54 Å². The van der Waals surface area contributed by atoms with Gasteiger partial charge in [-0.05, 0) is 23.6 Å². The lowest BCUT2D eigenvalue weighted by Crippen LogP contribution is -2.23. The Balaban J connectivity index is 2.24. The summed E-state index contributed by atoms with van der Waals surface area (Å²) in [5, 5.41) is 3.84. The summed E-state index contributed by atoms with van der Waals surface area (Å²) in [6.07, 6.45) is 0. The fraction of sp³-hybridized carbons (Fsp3) is 0.0833. The van der Waals surface area contributed by atoms with Crippen molar-refractivity contribution in [1.82, 2.24) is 5.32 Å². The zero-order valence-electron chi connectivity index (χ0n) is 8.80. The quantitative estimate of drug-likeness (QED) is 0.908. The molecule has 88 valence electrons. The fourth-order valence-electron chi connectivity index (χ4n) is 1.38. The van der Waals surface area contributed by atoms with Crippen molar-refractivity contribution >= 4 is 38.9 Å². The zero-order chi connectivity index (χ0) is 12.4. The zero-order valence-corrected chi connectivity index (χ0v) is 10.4. The van der Waals surface area contributed by atoms with E-state index in [-0.39, 0.29) is 18.3 Å². The minimum atomic E-state index is -0.305. The second-order valence-electron chi connectivity index (χ2n) is 3.49. The van der Waals surface area contributed by atoms with Gasteiger partial charge in [0.05, 0.1) is 11.4 Å². The first kappa shape index (κ1) is 12.1. The number of thiophene rings is 1. The van der Waals surface area contributed by atoms with E-state index >= 15 is 0 Å². The van der Waals surface area contributed by atoms with E-state index in [4.69, 9.17) is 11.6 Å². The van der Waals surface area contributed by atoms with Crippen LogP contribution in [0, 0.1) is 5.82 Å². The molecule has 1 N–H and O–H groups in total. The molecule has 0 radical (unpaired) electrons. The first-order chi connectivity index (χ1) is 8.06. The molecule has 1 aromatic carbocycles. The molecule has 1 amide bonds. The maximum atomic E-state index is 13.0. The number of hydrogen-bond donors (Lipinski definition) is 1. The molecule has 1 heterocycles. The number of benzene rings is 1. The van der Waals surface area contributed by atoms with Gasteiger partial charge in [-0.15, -0.1) is 11.3 Å². The third-order valence-corrected chi connectivity index (χ3v) is 3.38. The lowest BCUT2D eigenvalue weighted by Gasteiger charge is -1.99. The van der Waals surface area contributed by atoms with E-state index in [1.807, 2.05) is 0 Å². The number of halogens is 2. The molecule has 0 aliphatic heterocycles. The molecule has 0 aliphatic carbocycles. The summed E-state index contributed by atoms with van der Waals surface area (Å²) in [6, 6.07) is 6.17. The number of rotatable bonds is 3. The topological polar surface area (TPSA) is 29.1 Å². The Hall–Kier alpha value is -1.39. The van der Waals surface area contributed by atoms with E-state index in [2.05, 4.69) is 11.9 Å². The monoisotopic (exact) mass is 269 g/mol. The highest BCUT2D eigenvalue weighted by atomic mass is 35.5. The third-order valence-electron chi connectivity index (χ3n) is 2.15. The summed E-state index contributed by atoms with van der Waals surface area (Å²) in [4.78, 5) is 12.2. The Bertz CT molecular complexity index is 593. The Labute approximate surface area is 107 Å². The van der Waals surface area contributed by atoms with Crippen molar-refractivity contribution in [3.05, 3.63) is 46.6 Å². The van der Waals surface area contributed by atoms with E-state index in [0.717, 1.165) is 10.1 Å². The summed E-state index contributed by atoms with van der Waals surface area (Å²) >= 11 is 6.80. The van der Waals surface area contributed by atoms with E-state index in [1.165, 1.54) is 23.5 Å². The van der Waals surface area contributed by atoms with Crippen LogP contribution in [-0.4, -0.2) is 12.5 Å². The molecule has 2 rings (SSSR count). The Morgan fingerprint density at radius 3 is 2.94 bits per heavy atom. The summed E-state index contributed by atoms with van der Waals surface area (Å²) in [7, 11) is 0. The average molecular weight is 270 g/mol. The van der Waals surface area contributed by atoms with E-state index in [1.54, 1.807) is 12.1 Å². The van der Waals surface area contributed by atoms with Crippen LogP contribution in [0.4, 0.5) is 4.39 Å². The molecule has 0 spiro atoms. The molecule has 0 unspecified atom stereocenters. The van der Waals surface area contributed by atoms with Gasteiger partial charge in [-0.2, -0.15) is 0 Å². The molecule has 17 heavy (non-hydrogen) atoms. The molecule has 0 bridgehead atoms. The first-order valence-electron chi connectivity index (χ1n) is 4.87. The maximum Gasteiger partial charge on any atom is 0.261 e. The molecule has 0 fully saturated rings. The number of nitrogens with one attached hydrogen (secondary N) is 1. The molecule has 1 aromatic heterocycles. The van der Waals surface area contributed by atoms with Gasteiger partial charge in [0.1, 0.15) is 5.82 Å². The highest BCUT2D eigenvalue weighted by molar-refractivity contribution is 7.20. The van der Waals surface area contributed by atoms with Gasteiger partial charge in [0.2, 0.25) is 0 Å². The Morgan fingerprint density at radius 2 is 2.24 bits per heavy atom. The van der Waals surface area contributed by atoms with Gasteiger partial charge >= 0.3 is 0 Å². The predicted octanol–water partition coefficient (Wildman–Crippen LogP) is 3.52. The molecule has 2 aromatic rings. The van der Waals surface area contributed by atoms with E-state index in [0.29, 0.717) is 9.91 Å². The number of fused-ring (bicyclic) bond motifs is 1. The second kappa shape index (κ2) is 4.85. The van der Waals surface area contributed by atoms with Crippen LogP contribution < -0.4 is 5.32 Å². The van der Waals surface area contributed by atoms with Crippen LogP contribution in [-0.2, 0) is 0 Å². The van der Waals surface area contributed by atoms with Crippen molar-refractivity contribution in [2.45, 2.75) is 0 Å². The maximum absolute atomic E-state index is 13.0. The van der Waals surface area contributed by atoms with Gasteiger partial charge in [-0.3, -0.25) is 4.79 Å². The van der Waals surface area contributed by atoms with Crippen LogP contribution in [0.2, 0.25) is 0 Å². The van der Waals surface area contributed by atoms with Crippen LogP contribution in [0.15, 0.2) is 35.9 Å². The summed E-state index contributed by atoms with van der Waals surface area (Å²) < 4.78 is 13.7. The number of carbonyl (C=O) groups is 1. The Kier molecular flexibility index (Phi) is 3.45. The van der Waals surface area contributed by atoms with Gasteiger partial charge in [-0.1, -0.05) is 24.2 Å². The Morgan fingerprint density at radius 1 is 1.47 bits per heavy atom. The number of carbonyl (C=O) groups excluding carboxylic acids is 1. The van der Waals surface area contributed by atoms with E-state index in [9.17, 15) is 9.18 Å². The SMILES string of the molecule is C=C(Cl)CNC(=O)c1cc2ccc(F)cc2s1. The van der Waals surface area contributed by atoms with Crippen LogP contribution >= 0.6 is 22.9 Å². The van der Waals surface area contributed by atoms with E-state index < -0.39 is 0 Å². The predicted molar refractivity (Wildman–Crippen MR) is 69.1 cm³/mol. The lowest BCUT2D eigenvalue weighted by atomic mass is 10.2. The van der Waals surface area contributed by atoms with Crippen molar-refractivity contribution in [1.29, 1.82) is 0 Å². The standard InChI is InChI=1S/C12H9ClFNOS/c1-7(13)6-15-12(16)11-4-8-2-3-9(14)5-10(8)17-11/h2-5H,1,6H2,(H,15,16). The average Bonchev–Trinajstić information content (AvgIpc) is 2.68. The molecule has 0 aliphatic rings. The van der Waals surface area contributed by atoms with Crippen LogP contribution in [0.1, 0.15) is 9.67 Å². The molecule has 5 heteroatoms. The highest BCUT2D eigenvalue weighted by Gasteiger charge is 2.10. The van der Waals surface area contributed by atoms with Gasteiger partial charge in [0, 0.05) is 9.73 Å². The molecular formula is C12H9ClFNOS. The summed E-state index contributed by atoms with van der Waals surface area (Å²) in [6.45, 7) is 3.70. The van der Waals surface area contributed by atoms with Crippen molar-refractivity contribution < 1.29 is 9.18 Å². The van der Waals surface area contributed by atoms with Gasteiger partial charge in [0.25, 0.3) is 5.91 Å². The largest absolute Gasteiger partial charge is 0.346 e.